The highest BCUT2D eigenvalue weighted by atomic mass is 16.5. The van der Waals surface area contributed by atoms with Gasteiger partial charge in [0.05, 0.1) is 18.4 Å². The highest BCUT2D eigenvalue weighted by Gasteiger charge is 2.33. The number of carbonyl (C=O) groups excluding carboxylic acids is 2. The molecule has 164 valence electrons. The van der Waals surface area contributed by atoms with E-state index in [2.05, 4.69) is 16.3 Å². The van der Waals surface area contributed by atoms with Crippen LogP contribution in [0.15, 0.2) is 48.5 Å². The van der Waals surface area contributed by atoms with Crippen LogP contribution in [0.4, 0.5) is 5.69 Å². The minimum Gasteiger partial charge on any atom is -0.496 e. The molecule has 2 fully saturated rings. The maximum absolute atomic E-state index is 13.0. The first-order chi connectivity index (χ1) is 15.1. The zero-order valence-corrected chi connectivity index (χ0v) is 18.3. The third-order valence-corrected chi connectivity index (χ3v) is 6.28. The molecule has 1 saturated heterocycles. The summed E-state index contributed by atoms with van der Waals surface area (Å²) in [5.74, 6) is 1.03. The number of ether oxygens (including phenoxy) is 1. The Morgan fingerprint density at radius 1 is 1.03 bits per heavy atom. The summed E-state index contributed by atoms with van der Waals surface area (Å²) in [6.07, 6.45) is 3.70. The van der Waals surface area contributed by atoms with Crippen LogP contribution in [0, 0.1) is 5.92 Å². The van der Waals surface area contributed by atoms with Crippen molar-refractivity contribution >= 4 is 17.5 Å². The first kappa shape index (κ1) is 21.4. The Morgan fingerprint density at radius 2 is 1.71 bits per heavy atom. The lowest BCUT2D eigenvalue weighted by Gasteiger charge is -2.33. The molecule has 4 rings (SSSR count). The van der Waals surface area contributed by atoms with E-state index in [1.54, 1.807) is 25.1 Å². The predicted molar refractivity (Wildman–Crippen MR) is 121 cm³/mol. The van der Waals surface area contributed by atoms with E-state index in [0.29, 0.717) is 11.3 Å². The Labute approximate surface area is 184 Å². The monoisotopic (exact) mass is 421 g/mol. The molecule has 1 saturated carbocycles. The van der Waals surface area contributed by atoms with Crippen molar-refractivity contribution in [1.82, 2.24) is 10.2 Å². The van der Waals surface area contributed by atoms with E-state index in [-0.39, 0.29) is 23.8 Å². The summed E-state index contributed by atoms with van der Waals surface area (Å²) >= 11 is 0. The standard InChI is InChI=1S/C25H31N3O3/c1-27(25(30)18-11-12-18)22-9-5-4-8-21(22)24(29)26-20-13-15-28(16-14-20)17-19-7-3-6-10-23(19)31-2/h3-10,18,20H,11-17H2,1-2H3,(H,26,29). The number of nitrogens with one attached hydrogen (secondary N) is 1. The number of benzene rings is 2. The number of nitrogens with zero attached hydrogens (tertiary/aromatic N) is 2. The molecule has 0 atom stereocenters. The van der Waals surface area contributed by atoms with Crippen molar-refractivity contribution in [1.29, 1.82) is 0 Å². The summed E-state index contributed by atoms with van der Waals surface area (Å²) in [5.41, 5.74) is 2.44. The van der Waals surface area contributed by atoms with Crippen LogP contribution in [0.25, 0.3) is 0 Å². The van der Waals surface area contributed by atoms with Gasteiger partial charge < -0.3 is 15.0 Å². The van der Waals surface area contributed by atoms with Gasteiger partial charge in [0.1, 0.15) is 5.75 Å². The smallest absolute Gasteiger partial charge is 0.253 e. The molecule has 1 aliphatic heterocycles. The van der Waals surface area contributed by atoms with E-state index >= 15 is 0 Å². The first-order valence-electron chi connectivity index (χ1n) is 11.1. The van der Waals surface area contributed by atoms with Gasteiger partial charge in [0.25, 0.3) is 5.91 Å². The summed E-state index contributed by atoms with van der Waals surface area (Å²) in [5, 5.41) is 3.19. The van der Waals surface area contributed by atoms with Crippen molar-refractivity contribution in [3.05, 3.63) is 59.7 Å². The summed E-state index contributed by atoms with van der Waals surface area (Å²) in [7, 11) is 3.47. The second-order valence-electron chi connectivity index (χ2n) is 8.52. The van der Waals surface area contributed by atoms with Crippen molar-refractivity contribution in [2.75, 3.05) is 32.1 Å². The normalized spacial score (nSPS) is 17.2. The maximum Gasteiger partial charge on any atom is 0.253 e. The van der Waals surface area contributed by atoms with Crippen LogP contribution in [0.3, 0.4) is 0 Å². The number of hydrogen-bond donors (Lipinski definition) is 1. The molecule has 2 aliphatic rings. The van der Waals surface area contributed by atoms with E-state index in [4.69, 9.17) is 4.74 Å². The molecule has 2 aromatic carbocycles. The van der Waals surface area contributed by atoms with Crippen molar-refractivity contribution in [3.63, 3.8) is 0 Å². The number of para-hydroxylation sites is 2. The average molecular weight is 422 g/mol. The van der Waals surface area contributed by atoms with Gasteiger partial charge in [-0.15, -0.1) is 0 Å². The van der Waals surface area contributed by atoms with Gasteiger partial charge in [-0.25, -0.2) is 0 Å². The molecule has 0 spiro atoms. The van der Waals surface area contributed by atoms with E-state index in [1.807, 2.05) is 36.4 Å². The first-order valence-corrected chi connectivity index (χ1v) is 11.1. The molecule has 1 aliphatic carbocycles. The summed E-state index contributed by atoms with van der Waals surface area (Å²) in [4.78, 5) is 29.5. The largest absolute Gasteiger partial charge is 0.496 e. The van der Waals surface area contributed by atoms with E-state index < -0.39 is 0 Å². The molecule has 0 radical (unpaired) electrons. The molecular formula is C25H31N3O3. The summed E-state index contributed by atoms with van der Waals surface area (Å²) in [6.45, 7) is 2.69. The third-order valence-electron chi connectivity index (χ3n) is 6.28. The van der Waals surface area contributed by atoms with Crippen LogP contribution >= 0.6 is 0 Å². The molecule has 2 aromatic rings. The van der Waals surface area contributed by atoms with E-state index in [9.17, 15) is 9.59 Å². The Bertz CT molecular complexity index is 933. The highest BCUT2D eigenvalue weighted by molar-refractivity contribution is 6.05. The quantitative estimate of drug-likeness (QED) is 0.744. The Hall–Kier alpha value is -2.86. The lowest BCUT2D eigenvalue weighted by molar-refractivity contribution is -0.119. The Morgan fingerprint density at radius 3 is 2.42 bits per heavy atom. The fourth-order valence-electron chi connectivity index (χ4n) is 4.25. The lowest BCUT2D eigenvalue weighted by Crippen LogP contribution is -2.44. The fraction of sp³-hybridized carbons (Fsp3) is 0.440. The molecular weight excluding hydrogens is 390 g/mol. The van der Waals surface area contributed by atoms with Crippen LogP contribution < -0.4 is 15.0 Å². The van der Waals surface area contributed by atoms with Gasteiger partial charge in [-0.05, 0) is 43.9 Å². The second-order valence-corrected chi connectivity index (χ2v) is 8.52. The minimum atomic E-state index is -0.103. The number of likely N-dealkylation sites (tertiary alicyclic amines) is 1. The SMILES string of the molecule is COc1ccccc1CN1CCC(NC(=O)c2ccccc2N(C)C(=O)C2CC2)CC1. The number of carbonyl (C=O) groups is 2. The highest BCUT2D eigenvalue weighted by Crippen LogP contribution is 2.33. The summed E-state index contributed by atoms with van der Waals surface area (Å²) < 4.78 is 5.46. The van der Waals surface area contributed by atoms with Crippen molar-refractivity contribution in [2.45, 2.75) is 38.3 Å². The van der Waals surface area contributed by atoms with Crippen LogP contribution in [0.5, 0.6) is 5.75 Å². The van der Waals surface area contributed by atoms with Crippen LogP contribution in [0.2, 0.25) is 0 Å². The van der Waals surface area contributed by atoms with E-state index in [0.717, 1.165) is 51.1 Å². The van der Waals surface area contributed by atoms with Gasteiger partial charge in [-0.1, -0.05) is 30.3 Å². The average Bonchev–Trinajstić information content (AvgIpc) is 3.65. The molecule has 2 amide bonds. The van der Waals surface area contributed by atoms with Gasteiger partial charge in [-0.2, -0.15) is 0 Å². The lowest BCUT2D eigenvalue weighted by atomic mass is 10.0. The Balaban J connectivity index is 1.34. The Kier molecular flexibility index (Phi) is 6.56. The van der Waals surface area contributed by atoms with Gasteiger partial charge in [0.15, 0.2) is 0 Å². The van der Waals surface area contributed by atoms with Crippen LogP contribution in [-0.2, 0) is 11.3 Å². The van der Waals surface area contributed by atoms with Crippen molar-refractivity contribution < 1.29 is 14.3 Å². The maximum atomic E-state index is 13.0. The van der Waals surface area contributed by atoms with E-state index in [1.165, 1.54) is 5.56 Å². The number of hydrogen-bond acceptors (Lipinski definition) is 4. The van der Waals surface area contributed by atoms with Crippen LogP contribution in [0.1, 0.15) is 41.6 Å². The number of piperidine rings is 1. The molecule has 6 heteroatoms. The molecule has 0 aromatic heterocycles. The molecule has 6 nitrogen and oxygen atoms in total. The predicted octanol–water partition coefficient (Wildman–Crippen LogP) is 3.46. The van der Waals surface area contributed by atoms with Gasteiger partial charge in [0.2, 0.25) is 5.91 Å². The zero-order valence-electron chi connectivity index (χ0n) is 18.3. The zero-order chi connectivity index (χ0) is 21.8. The summed E-state index contributed by atoms with van der Waals surface area (Å²) in [6, 6.07) is 15.6. The molecule has 1 N–H and O–H groups in total. The molecule has 1 heterocycles. The number of anilines is 1. The number of rotatable bonds is 7. The number of methoxy groups -OCH3 is 1. The third kappa shape index (κ3) is 5.07. The van der Waals surface area contributed by atoms with Crippen LogP contribution in [-0.4, -0.2) is 50.0 Å². The van der Waals surface area contributed by atoms with Gasteiger partial charge in [-0.3, -0.25) is 14.5 Å². The molecule has 31 heavy (non-hydrogen) atoms. The number of amides is 2. The fourth-order valence-corrected chi connectivity index (χ4v) is 4.25. The van der Waals surface area contributed by atoms with Crippen molar-refractivity contribution in [2.24, 2.45) is 5.92 Å². The van der Waals surface area contributed by atoms with Gasteiger partial charge in [0, 0.05) is 44.2 Å². The minimum absolute atomic E-state index is 0.102. The topological polar surface area (TPSA) is 61.9 Å². The molecule has 0 bridgehead atoms. The van der Waals surface area contributed by atoms with Gasteiger partial charge >= 0.3 is 0 Å². The van der Waals surface area contributed by atoms with Crippen molar-refractivity contribution in [3.8, 4) is 5.75 Å². The molecule has 0 unspecified atom stereocenters. The second kappa shape index (κ2) is 9.52.